The van der Waals surface area contributed by atoms with Crippen LogP contribution in [0.4, 0.5) is 0 Å². The van der Waals surface area contributed by atoms with Gasteiger partial charge in [-0.25, -0.2) is 4.98 Å². The number of hydrogen-bond donors (Lipinski definition) is 0. The highest BCUT2D eigenvalue weighted by Gasteiger charge is 2.05. The maximum atomic E-state index is 11.9. The summed E-state index contributed by atoms with van der Waals surface area (Å²) in [6.07, 6.45) is 5.10. The topological polar surface area (TPSA) is 47.8 Å². The summed E-state index contributed by atoms with van der Waals surface area (Å²) in [7, 11) is 0. The first-order valence-electron chi connectivity index (χ1n) is 5.20. The minimum absolute atomic E-state index is 0.0704. The van der Waals surface area contributed by atoms with Gasteiger partial charge >= 0.3 is 0 Å². The van der Waals surface area contributed by atoms with Gasteiger partial charge in [0, 0.05) is 12.4 Å². The monoisotopic (exact) mass is 293 g/mol. The normalized spacial score (nSPS) is 10.5. The molecule has 88 valence electrons. The standard InChI is InChI=1S/C12H12BrN3O/c1-8-3-10(5-14-4-8)6-16-7-15-9(2)11(13)12(16)17/h3-5,7H,6H2,1-2H3. The highest BCUT2D eigenvalue weighted by molar-refractivity contribution is 9.10. The van der Waals surface area contributed by atoms with Crippen LogP contribution in [0.1, 0.15) is 16.8 Å². The molecule has 0 saturated carbocycles. The molecule has 0 bridgehead atoms. The van der Waals surface area contributed by atoms with Gasteiger partial charge in [-0.3, -0.25) is 14.3 Å². The first kappa shape index (κ1) is 12.0. The molecule has 0 amide bonds. The number of aryl methyl sites for hydroxylation is 2. The van der Waals surface area contributed by atoms with Gasteiger partial charge in [-0.05, 0) is 40.9 Å². The van der Waals surface area contributed by atoms with Crippen molar-refractivity contribution in [2.45, 2.75) is 20.4 Å². The molecule has 0 aliphatic heterocycles. The molecule has 4 nitrogen and oxygen atoms in total. The lowest BCUT2D eigenvalue weighted by Crippen LogP contribution is -2.22. The third-order valence-corrected chi connectivity index (χ3v) is 3.35. The van der Waals surface area contributed by atoms with Crippen molar-refractivity contribution >= 4 is 15.9 Å². The van der Waals surface area contributed by atoms with E-state index in [-0.39, 0.29) is 5.56 Å². The van der Waals surface area contributed by atoms with Crippen LogP contribution in [0.25, 0.3) is 0 Å². The van der Waals surface area contributed by atoms with Crippen LogP contribution in [0, 0.1) is 13.8 Å². The average molecular weight is 294 g/mol. The minimum atomic E-state index is -0.0704. The van der Waals surface area contributed by atoms with E-state index in [1.807, 2.05) is 13.0 Å². The van der Waals surface area contributed by atoms with Gasteiger partial charge in [0.2, 0.25) is 0 Å². The number of hydrogen-bond acceptors (Lipinski definition) is 3. The van der Waals surface area contributed by atoms with Crippen LogP contribution >= 0.6 is 15.9 Å². The Labute approximate surface area is 107 Å². The third kappa shape index (κ3) is 2.61. The molecule has 0 spiro atoms. The lowest BCUT2D eigenvalue weighted by atomic mass is 10.2. The van der Waals surface area contributed by atoms with Gasteiger partial charge < -0.3 is 0 Å². The van der Waals surface area contributed by atoms with E-state index in [2.05, 4.69) is 25.9 Å². The maximum Gasteiger partial charge on any atom is 0.268 e. The van der Waals surface area contributed by atoms with Gasteiger partial charge in [-0.1, -0.05) is 6.07 Å². The minimum Gasteiger partial charge on any atom is -0.294 e. The number of aromatic nitrogens is 3. The van der Waals surface area contributed by atoms with E-state index in [1.54, 1.807) is 30.2 Å². The van der Waals surface area contributed by atoms with E-state index in [0.29, 0.717) is 16.7 Å². The van der Waals surface area contributed by atoms with Crippen LogP contribution in [0.5, 0.6) is 0 Å². The summed E-state index contributed by atoms with van der Waals surface area (Å²) in [5.74, 6) is 0. The van der Waals surface area contributed by atoms with Gasteiger partial charge in [-0.2, -0.15) is 0 Å². The molecular weight excluding hydrogens is 282 g/mol. The number of pyridine rings is 1. The molecule has 0 fully saturated rings. The summed E-state index contributed by atoms with van der Waals surface area (Å²) < 4.78 is 2.08. The largest absolute Gasteiger partial charge is 0.294 e. The molecule has 0 radical (unpaired) electrons. The SMILES string of the molecule is Cc1cncc(Cn2cnc(C)c(Br)c2=O)c1. The first-order chi connectivity index (χ1) is 8.08. The second-order valence-corrected chi connectivity index (χ2v) is 4.74. The Morgan fingerprint density at radius 3 is 2.82 bits per heavy atom. The van der Waals surface area contributed by atoms with E-state index < -0.39 is 0 Å². The lowest BCUT2D eigenvalue weighted by molar-refractivity contribution is 0.721. The van der Waals surface area contributed by atoms with Crippen LogP contribution in [0.15, 0.2) is 34.1 Å². The highest BCUT2D eigenvalue weighted by atomic mass is 79.9. The quantitative estimate of drug-likeness (QED) is 0.852. The van der Waals surface area contributed by atoms with Gasteiger partial charge in [0.15, 0.2) is 0 Å². The van der Waals surface area contributed by atoms with Crippen molar-refractivity contribution < 1.29 is 0 Å². The van der Waals surface area contributed by atoms with Gasteiger partial charge in [0.05, 0.1) is 18.6 Å². The molecule has 0 N–H and O–H groups in total. The summed E-state index contributed by atoms with van der Waals surface area (Å²) in [6, 6.07) is 2.01. The Hall–Kier alpha value is -1.49. The van der Waals surface area contributed by atoms with E-state index in [0.717, 1.165) is 11.1 Å². The molecule has 0 aliphatic carbocycles. The fourth-order valence-electron chi connectivity index (χ4n) is 1.56. The third-order valence-electron chi connectivity index (χ3n) is 2.44. The second-order valence-electron chi connectivity index (χ2n) is 3.95. The Morgan fingerprint density at radius 1 is 1.35 bits per heavy atom. The molecule has 0 unspecified atom stereocenters. The molecule has 0 aromatic carbocycles. The Balaban J connectivity index is 2.37. The van der Waals surface area contributed by atoms with E-state index in [1.165, 1.54) is 0 Å². The summed E-state index contributed by atoms with van der Waals surface area (Å²) in [5.41, 5.74) is 2.70. The Kier molecular flexibility index (Phi) is 3.38. The van der Waals surface area contributed by atoms with Crippen LogP contribution < -0.4 is 5.56 Å². The van der Waals surface area contributed by atoms with Crippen molar-refractivity contribution in [3.8, 4) is 0 Å². The Bertz CT molecular complexity index is 607. The van der Waals surface area contributed by atoms with Crippen LogP contribution in [-0.2, 0) is 6.54 Å². The zero-order valence-corrected chi connectivity index (χ0v) is 11.2. The molecule has 0 saturated heterocycles. The first-order valence-corrected chi connectivity index (χ1v) is 5.99. The van der Waals surface area contributed by atoms with Gasteiger partial charge in [0.25, 0.3) is 5.56 Å². The molecule has 2 rings (SSSR count). The van der Waals surface area contributed by atoms with Crippen molar-refractivity contribution in [2.75, 3.05) is 0 Å². The van der Waals surface area contributed by atoms with Gasteiger partial charge in [0.1, 0.15) is 4.47 Å². The molecule has 2 heterocycles. The number of halogens is 1. The van der Waals surface area contributed by atoms with E-state index >= 15 is 0 Å². The number of rotatable bonds is 2. The molecular formula is C12H12BrN3O. The van der Waals surface area contributed by atoms with E-state index in [9.17, 15) is 4.79 Å². The van der Waals surface area contributed by atoms with Gasteiger partial charge in [-0.15, -0.1) is 0 Å². The summed E-state index contributed by atoms with van der Waals surface area (Å²) in [4.78, 5) is 20.2. The summed E-state index contributed by atoms with van der Waals surface area (Å²) in [6.45, 7) is 4.26. The zero-order valence-electron chi connectivity index (χ0n) is 9.64. The average Bonchev–Trinajstić information content (AvgIpc) is 2.30. The molecule has 0 aliphatic rings. The number of nitrogens with zero attached hydrogens (tertiary/aromatic N) is 3. The predicted octanol–water partition coefficient (Wildman–Crippen LogP) is 2.07. The van der Waals surface area contributed by atoms with Crippen LogP contribution in [0.3, 0.4) is 0 Å². The Morgan fingerprint density at radius 2 is 2.12 bits per heavy atom. The van der Waals surface area contributed by atoms with Crippen molar-refractivity contribution in [1.82, 2.24) is 14.5 Å². The summed E-state index contributed by atoms with van der Waals surface area (Å²) >= 11 is 3.25. The lowest BCUT2D eigenvalue weighted by Gasteiger charge is -2.07. The van der Waals surface area contributed by atoms with Crippen LogP contribution in [-0.4, -0.2) is 14.5 Å². The second kappa shape index (κ2) is 4.79. The molecule has 5 heteroatoms. The fourth-order valence-corrected chi connectivity index (χ4v) is 1.89. The van der Waals surface area contributed by atoms with E-state index in [4.69, 9.17) is 0 Å². The fraction of sp³-hybridized carbons (Fsp3) is 0.250. The predicted molar refractivity (Wildman–Crippen MR) is 69.0 cm³/mol. The smallest absolute Gasteiger partial charge is 0.268 e. The molecule has 0 atom stereocenters. The van der Waals surface area contributed by atoms with Crippen LogP contribution in [0.2, 0.25) is 0 Å². The molecule has 2 aromatic heterocycles. The maximum absolute atomic E-state index is 11.9. The van der Waals surface area contributed by atoms with Crippen molar-refractivity contribution in [1.29, 1.82) is 0 Å². The molecule has 17 heavy (non-hydrogen) atoms. The summed E-state index contributed by atoms with van der Waals surface area (Å²) in [5, 5.41) is 0. The molecule has 2 aromatic rings. The van der Waals surface area contributed by atoms with Crippen molar-refractivity contribution in [3.63, 3.8) is 0 Å². The van der Waals surface area contributed by atoms with Crippen molar-refractivity contribution in [2.24, 2.45) is 0 Å². The highest BCUT2D eigenvalue weighted by Crippen LogP contribution is 2.08. The zero-order chi connectivity index (χ0) is 12.4. The van der Waals surface area contributed by atoms with Crippen molar-refractivity contribution in [3.05, 3.63) is 56.4 Å².